The van der Waals surface area contributed by atoms with Crippen LogP contribution in [0.3, 0.4) is 0 Å². The summed E-state index contributed by atoms with van der Waals surface area (Å²) in [5.41, 5.74) is 9.74. The molecule has 2 aliphatic heterocycles. The van der Waals surface area contributed by atoms with E-state index < -0.39 is 0 Å². The predicted molar refractivity (Wildman–Crippen MR) is 124 cm³/mol. The van der Waals surface area contributed by atoms with Gasteiger partial charge in [-0.2, -0.15) is 0 Å². The number of nitrogens with two attached hydrogens (primary N) is 1. The van der Waals surface area contributed by atoms with Crippen molar-refractivity contribution in [2.24, 2.45) is 0 Å². The maximum Gasteiger partial charge on any atom is 0.209 e. The molecule has 1 aromatic carbocycles. The molecule has 2 aliphatic rings. The fourth-order valence-electron chi connectivity index (χ4n) is 3.88. The zero-order chi connectivity index (χ0) is 22.1. The first-order valence-electron chi connectivity index (χ1n) is 10.0. The molecule has 4 rings (SSSR count). The standard InChI is InChI=1S/C15H17NO2S.C8H11NOS/c1-11-2-3-14-12(8-11)13(18)9-15(19-14)4-6-16(10-17)7-5-15;1-4-5(2)8(9)11-7(4)6(3)10/h2-3,8,10H,4-7,9H2,1H3;9H2,1-3H3. The highest BCUT2D eigenvalue weighted by Crippen LogP contribution is 2.48. The van der Waals surface area contributed by atoms with Gasteiger partial charge in [0.05, 0.1) is 9.88 Å². The normalized spacial score (nSPS) is 17.2. The Morgan fingerprint density at radius 3 is 2.33 bits per heavy atom. The molecule has 1 aromatic heterocycles. The molecule has 2 N–H and O–H groups in total. The summed E-state index contributed by atoms with van der Waals surface area (Å²) < 4.78 is 0.0127. The van der Waals surface area contributed by atoms with Gasteiger partial charge in [-0.05, 0) is 63.8 Å². The number of amides is 1. The number of Topliss-reactive ketones (excluding diaryl/α,β-unsaturated/α-hetero) is 2. The number of aryl methyl sites for hydroxylation is 1. The number of hydrogen-bond acceptors (Lipinski definition) is 6. The van der Waals surface area contributed by atoms with Gasteiger partial charge in [0.1, 0.15) is 0 Å². The van der Waals surface area contributed by atoms with Gasteiger partial charge in [0.2, 0.25) is 6.41 Å². The monoisotopic (exact) mass is 444 g/mol. The van der Waals surface area contributed by atoms with Crippen LogP contribution in [0.4, 0.5) is 5.00 Å². The number of piperidine rings is 1. The summed E-state index contributed by atoms with van der Waals surface area (Å²) in [4.78, 5) is 37.8. The second-order valence-electron chi connectivity index (χ2n) is 8.13. The molecule has 1 saturated heterocycles. The number of fused-ring (bicyclic) bond motifs is 1. The van der Waals surface area contributed by atoms with Gasteiger partial charge in [0.25, 0.3) is 0 Å². The first-order chi connectivity index (χ1) is 14.2. The van der Waals surface area contributed by atoms with Crippen LogP contribution < -0.4 is 5.73 Å². The molecule has 0 radical (unpaired) electrons. The third kappa shape index (κ3) is 4.62. The van der Waals surface area contributed by atoms with Crippen molar-refractivity contribution in [2.45, 2.75) is 56.6 Å². The Morgan fingerprint density at radius 1 is 1.17 bits per heavy atom. The van der Waals surface area contributed by atoms with Crippen molar-refractivity contribution in [2.75, 3.05) is 18.8 Å². The van der Waals surface area contributed by atoms with Crippen LogP contribution in [0.25, 0.3) is 0 Å². The topological polar surface area (TPSA) is 80.5 Å². The number of rotatable bonds is 2. The largest absolute Gasteiger partial charge is 0.390 e. The second kappa shape index (κ2) is 8.94. The van der Waals surface area contributed by atoms with Crippen molar-refractivity contribution in [3.05, 3.63) is 45.3 Å². The van der Waals surface area contributed by atoms with Crippen molar-refractivity contribution in [1.82, 2.24) is 4.90 Å². The Labute approximate surface area is 186 Å². The van der Waals surface area contributed by atoms with Crippen molar-refractivity contribution in [3.63, 3.8) is 0 Å². The Balaban J connectivity index is 0.000000199. The van der Waals surface area contributed by atoms with Gasteiger partial charge in [-0.25, -0.2) is 0 Å². The van der Waals surface area contributed by atoms with Gasteiger partial charge >= 0.3 is 0 Å². The van der Waals surface area contributed by atoms with E-state index in [1.165, 1.54) is 11.3 Å². The van der Waals surface area contributed by atoms with Crippen LogP contribution in [0, 0.1) is 20.8 Å². The first kappa shape index (κ1) is 22.6. The van der Waals surface area contributed by atoms with Gasteiger partial charge in [-0.1, -0.05) is 11.6 Å². The van der Waals surface area contributed by atoms with Gasteiger partial charge in [0.15, 0.2) is 11.6 Å². The molecule has 1 amide bonds. The number of thiophene rings is 1. The molecule has 0 unspecified atom stereocenters. The summed E-state index contributed by atoms with van der Waals surface area (Å²) in [6.45, 7) is 8.99. The molecular formula is C23H28N2O3S2. The molecule has 0 saturated carbocycles. The zero-order valence-corrected chi connectivity index (χ0v) is 19.5. The van der Waals surface area contributed by atoms with Crippen LogP contribution in [0.15, 0.2) is 23.1 Å². The van der Waals surface area contributed by atoms with E-state index in [0.717, 1.165) is 69.4 Å². The number of likely N-dealkylation sites (tertiary alicyclic amines) is 1. The SMILES string of the molecule is CC(=O)c1sc(N)c(C)c1C.Cc1ccc2c(c1)C(=O)CC1(CCN(C=O)CC1)S2. The minimum absolute atomic E-state index is 0.0127. The molecule has 5 nitrogen and oxygen atoms in total. The molecule has 0 bridgehead atoms. The number of carbonyl (C=O) groups is 3. The lowest BCUT2D eigenvalue weighted by Crippen LogP contribution is -2.44. The predicted octanol–water partition coefficient (Wildman–Crippen LogP) is 4.81. The summed E-state index contributed by atoms with van der Waals surface area (Å²) >= 11 is 3.22. The van der Waals surface area contributed by atoms with E-state index in [0.29, 0.717) is 6.42 Å². The van der Waals surface area contributed by atoms with Crippen LogP contribution in [-0.2, 0) is 4.79 Å². The van der Waals surface area contributed by atoms with Gasteiger partial charge in [0, 0.05) is 34.7 Å². The number of ketones is 2. The maximum atomic E-state index is 12.4. The Morgan fingerprint density at radius 2 is 1.83 bits per heavy atom. The van der Waals surface area contributed by atoms with E-state index in [-0.39, 0.29) is 16.3 Å². The lowest BCUT2D eigenvalue weighted by Gasteiger charge is -2.42. The average molecular weight is 445 g/mol. The quantitative estimate of drug-likeness (QED) is 0.531. The van der Waals surface area contributed by atoms with E-state index in [4.69, 9.17) is 5.73 Å². The number of nitrogen functional groups attached to an aromatic ring is 1. The molecule has 0 aliphatic carbocycles. The average Bonchev–Trinajstić information content (AvgIpc) is 2.97. The molecular weight excluding hydrogens is 416 g/mol. The van der Waals surface area contributed by atoms with Crippen LogP contribution in [0.1, 0.15) is 62.9 Å². The van der Waals surface area contributed by atoms with E-state index in [2.05, 4.69) is 12.1 Å². The number of thioether (sulfide) groups is 1. The van der Waals surface area contributed by atoms with E-state index in [1.807, 2.05) is 38.6 Å². The highest BCUT2D eigenvalue weighted by Gasteiger charge is 2.41. The smallest absolute Gasteiger partial charge is 0.209 e. The molecule has 2 aromatic rings. The second-order valence-corrected chi connectivity index (χ2v) is 10.7. The molecule has 30 heavy (non-hydrogen) atoms. The molecule has 3 heterocycles. The summed E-state index contributed by atoms with van der Waals surface area (Å²) in [6.07, 6.45) is 3.35. The van der Waals surface area contributed by atoms with Crippen LogP contribution in [0.2, 0.25) is 0 Å². The fourth-order valence-corrected chi connectivity index (χ4v) is 6.33. The molecule has 1 spiro atoms. The third-order valence-corrected chi connectivity index (χ3v) is 8.79. The minimum atomic E-state index is 0.0127. The number of carbonyl (C=O) groups excluding carboxylic acids is 3. The molecule has 7 heteroatoms. The van der Waals surface area contributed by atoms with Crippen molar-refractivity contribution >= 4 is 46.1 Å². The summed E-state index contributed by atoms with van der Waals surface area (Å²) in [5, 5.41) is 0.757. The van der Waals surface area contributed by atoms with Crippen LogP contribution in [0.5, 0.6) is 0 Å². The highest BCUT2D eigenvalue weighted by molar-refractivity contribution is 8.01. The highest BCUT2D eigenvalue weighted by atomic mass is 32.2. The minimum Gasteiger partial charge on any atom is -0.390 e. The summed E-state index contributed by atoms with van der Waals surface area (Å²) in [5.74, 6) is 0.365. The lowest BCUT2D eigenvalue weighted by molar-refractivity contribution is -0.119. The fraction of sp³-hybridized carbons (Fsp3) is 0.435. The van der Waals surface area contributed by atoms with E-state index >= 15 is 0 Å². The van der Waals surface area contributed by atoms with E-state index in [9.17, 15) is 14.4 Å². The third-order valence-electron chi connectivity index (χ3n) is 5.91. The van der Waals surface area contributed by atoms with Crippen molar-refractivity contribution < 1.29 is 14.4 Å². The summed E-state index contributed by atoms with van der Waals surface area (Å²) in [7, 11) is 0. The Bertz CT molecular complexity index is 989. The number of hydrogen-bond donors (Lipinski definition) is 1. The van der Waals surface area contributed by atoms with Crippen molar-refractivity contribution in [1.29, 1.82) is 0 Å². The van der Waals surface area contributed by atoms with Gasteiger partial charge in [-0.15, -0.1) is 23.1 Å². The number of anilines is 1. The number of nitrogens with zero attached hydrogens (tertiary/aromatic N) is 1. The summed E-state index contributed by atoms with van der Waals surface area (Å²) in [6, 6.07) is 6.14. The van der Waals surface area contributed by atoms with Crippen LogP contribution in [-0.4, -0.2) is 40.7 Å². The number of benzene rings is 1. The Kier molecular flexibility index (Phi) is 6.72. The molecule has 1 fully saturated rings. The maximum absolute atomic E-state index is 12.4. The molecule has 0 atom stereocenters. The van der Waals surface area contributed by atoms with E-state index in [1.54, 1.807) is 11.8 Å². The van der Waals surface area contributed by atoms with Crippen molar-refractivity contribution in [3.8, 4) is 0 Å². The zero-order valence-electron chi connectivity index (χ0n) is 17.9. The van der Waals surface area contributed by atoms with Gasteiger partial charge in [-0.3, -0.25) is 14.4 Å². The van der Waals surface area contributed by atoms with Crippen LogP contribution >= 0.6 is 23.1 Å². The first-order valence-corrected chi connectivity index (χ1v) is 11.7. The van der Waals surface area contributed by atoms with Gasteiger partial charge < -0.3 is 10.6 Å². The Hall–Kier alpha value is -2.12. The molecule has 160 valence electrons. The lowest BCUT2D eigenvalue weighted by atomic mass is 9.88.